The van der Waals surface area contributed by atoms with Gasteiger partial charge in [0.2, 0.25) is 0 Å². The van der Waals surface area contributed by atoms with E-state index in [0.717, 1.165) is 16.5 Å². The molecule has 16 heavy (non-hydrogen) atoms. The number of unbranched alkanes of at least 4 members (excludes halogenated alkanes) is 1. The Morgan fingerprint density at radius 1 is 1.56 bits per heavy atom. The maximum atomic E-state index is 11.8. The number of rotatable bonds is 4. The summed E-state index contributed by atoms with van der Waals surface area (Å²) in [4.78, 5) is 11.8. The maximum Gasteiger partial charge on any atom is 0.251 e. The average Bonchev–Trinajstić information content (AvgIpc) is 2.24. The topological polar surface area (TPSA) is 29.1 Å². The van der Waals surface area contributed by atoms with Crippen molar-refractivity contribution in [1.29, 1.82) is 0 Å². The SMILES string of the molecule is C#CCCCNC(=O)c1ccc(Br)cc1C. The number of hydrogen-bond acceptors (Lipinski definition) is 1. The van der Waals surface area contributed by atoms with Crippen molar-refractivity contribution < 1.29 is 4.79 Å². The third kappa shape index (κ3) is 3.71. The molecule has 0 aromatic heterocycles. The lowest BCUT2D eigenvalue weighted by Gasteiger charge is -2.07. The second-order valence-corrected chi connectivity index (χ2v) is 4.44. The zero-order valence-corrected chi connectivity index (χ0v) is 10.8. The molecule has 0 aliphatic heterocycles. The van der Waals surface area contributed by atoms with E-state index in [1.165, 1.54) is 0 Å². The Morgan fingerprint density at radius 2 is 2.31 bits per heavy atom. The molecule has 0 aliphatic rings. The van der Waals surface area contributed by atoms with Crippen LogP contribution in [-0.2, 0) is 0 Å². The lowest BCUT2D eigenvalue weighted by Crippen LogP contribution is -2.25. The molecule has 0 radical (unpaired) electrons. The van der Waals surface area contributed by atoms with Crippen LogP contribution in [0, 0.1) is 19.3 Å². The molecule has 1 rings (SSSR count). The minimum Gasteiger partial charge on any atom is -0.352 e. The molecule has 1 aromatic rings. The number of benzene rings is 1. The fourth-order valence-electron chi connectivity index (χ4n) is 1.37. The van der Waals surface area contributed by atoms with Crippen LogP contribution in [0.3, 0.4) is 0 Å². The number of nitrogens with one attached hydrogen (secondary N) is 1. The highest BCUT2D eigenvalue weighted by atomic mass is 79.9. The van der Waals surface area contributed by atoms with Crippen LogP contribution in [0.5, 0.6) is 0 Å². The molecule has 0 saturated carbocycles. The molecule has 1 aromatic carbocycles. The molecule has 0 saturated heterocycles. The van der Waals surface area contributed by atoms with Crippen LogP contribution in [0.2, 0.25) is 0 Å². The summed E-state index contributed by atoms with van der Waals surface area (Å²) in [5.41, 5.74) is 1.67. The maximum absolute atomic E-state index is 11.8. The van der Waals surface area contributed by atoms with Gasteiger partial charge in [-0.2, -0.15) is 0 Å². The monoisotopic (exact) mass is 279 g/mol. The lowest BCUT2D eigenvalue weighted by atomic mass is 10.1. The van der Waals surface area contributed by atoms with Gasteiger partial charge in [-0.15, -0.1) is 12.3 Å². The third-order valence-electron chi connectivity index (χ3n) is 2.22. The number of halogens is 1. The normalized spacial score (nSPS) is 9.56. The summed E-state index contributed by atoms with van der Waals surface area (Å²) >= 11 is 3.36. The second-order valence-electron chi connectivity index (χ2n) is 3.52. The highest BCUT2D eigenvalue weighted by Gasteiger charge is 2.07. The Hall–Kier alpha value is -1.27. The second kappa shape index (κ2) is 6.34. The lowest BCUT2D eigenvalue weighted by molar-refractivity contribution is 0.0953. The Bertz CT molecular complexity index is 420. The number of amides is 1. The van der Waals surface area contributed by atoms with Crippen molar-refractivity contribution in [2.24, 2.45) is 0 Å². The molecule has 3 heteroatoms. The van der Waals surface area contributed by atoms with Gasteiger partial charge in [0.15, 0.2) is 0 Å². The van der Waals surface area contributed by atoms with Crippen LogP contribution in [0.25, 0.3) is 0 Å². The van der Waals surface area contributed by atoms with Gasteiger partial charge in [-0.25, -0.2) is 0 Å². The number of carbonyl (C=O) groups excluding carboxylic acids is 1. The van der Waals surface area contributed by atoms with E-state index < -0.39 is 0 Å². The standard InChI is InChI=1S/C13H14BrNO/c1-3-4-5-8-15-13(16)12-7-6-11(14)9-10(12)2/h1,6-7,9H,4-5,8H2,2H3,(H,15,16). The molecule has 0 bridgehead atoms. The van der Waals surface area contributed by atoms with Gasteiger partial charge in [-0.3, -0.25) is 4.79 Å². The van der Waals surface area contributed by atoms with Crippen LogP contribution in [0.1, 0.15) is 28.8 Å². The predicted molar refractivity (Wildman–Crippen MR) is 69.3 cm³/mol. The minimum absolute atomic E-state index is 0.0398. The van der Waals surface area contributed by atoms with Crippen molar-refractivity contribution in [2.45, 2.75) is 19.8 Å². The summed E-state index contributed by atoms with van der Waals surface area (Å²) in [5, 5.41) is 2.84. The zero-order valence-electron chi connectivity index (χ0n) is 9.22. The van der Waals surface area contributed by atoms with Crippen molar-refractivity contribution >= 4 is 21.8 Å². The molecule has 0 aliphatic carbocycles. The summed E-state index contributed by atoms with van der Waals surface area (Å²) < 4.78 is 0.980. The molecular weight excluding hydrogens is 266 g/mol. The van der Waals surface area contributed by atoms with E-state index in [-0.39, 0.29) is 5.91 Å². The van der Waals surface area contributed by atoms with Gasteiger partial charge in [0.1, 0.15) is 0 Å². The van der Waals surface area contributed by atoms with Gasteiger partial charge >= 0.3 is 0 Å². The van der Waals surface area contributed by atoms with Gasteiger partial charge in [-0.05, 0) is 37.1 Å². The molecule has 84 valence electrons. The Kier molecular flexibility index (Phi) is 5.07. The smallest absolute Gasteiger partial charge is 0.251 e. The highest BCUT2D eigenvalue weighted by Crippen LogP contribution is 2.15. The predicted octanol–water partition coefficient (Wildman–Crippen LogP) is 2.90. The summed E-state index contributed by atoms with van der Waals surface area (Å²) in [6.07, 6.45) is 6.64. The summed E-state index contributed by atoms with van der Waals surface area (Å²) in [5.74, 6) is 2.50. The molecule has 0 heterocycles. The van der Waals surface area contributed by atoms with E-state index in [1.54, 1.807) is 0 Å². The number of carbonyl (C=O) groups is 1. The van der Waals surface area contributed by atoms with Crippen LogP contribution >= 0.6 is 15.9 Å². The first-order valence-electron chi connectivity index (χ1n) is 5.13. The minimum atomic E-state index is -0.0398. The first-order valence-corrected chi connectivity index (χ1v) is 5.92. The number of aryl methyl sites for hydroxylation is 1. The third-order valence-corrected chi connectivity index (χ3v) is 2.71. The molecule has 0 unspecified atom stereocenters. The van der Waals surface area contributed by atoms with Crippen LogP contribution in [-0.4, -0.2) is 12.5 Å². The fraction of sp³-hybridized carbons (Fsp3) is 0.308. The summed E-state index contributed by atoms with van der Waals surface area (Å²) in [7, 11) is 0. The average molecular weight is 280 g/mol. The Labute approximate surface area is 105 Å². The van der Waals surface area contributed by atoms with Gasteiger partial charge in [-0.1, -0.05) is 15.9 Å². The van der Waals surface area contributed by atoms with Gasteiger partial charge < -0.3 is 5.32 Å². The van der Waals surface area contributed by atoms with Crippen molar-refractivity contribution in [1.82, 2.24) is 5.32 Å². The van der Waals surface area contributed by atoms with E-state index in [9.17, 15) is 4.79 Å². The van der Waals surface area contributed by atoms with Gasteiger partial charge in [0.05, 0.1) is 0 Å². The number of terminal acetylenes is 1. The molecule has 0 fully saturated rings. The first kappa shape index (κ1) is 12.8. The quantitative estimate of drug-likeness (QED) is 0.667. The van der Waals surface area contributed by atoms with E-state index in [2.05, 4.69) is 27.2 Å². The number of hydrogen-bond donors (Lipinski definition) is 1. The summed E-state index contributed by atoms with van der Waals surface area (Å²) in [6, 6.07) is 5.61. The molecule has 0 spiro atoms. The molecule has 0 atom stereocenters. The van der Waals surface area contributed by atoms with E-state index in [4.69, 9.17) is 6.42 Å². The molecular formula is C13H14BrNO. The Morgan fingerprint density at radius 3 is 2.94 bits per heavy atom. The molecule has 1 amide bonds. The van der Waals surface area contributed by atoms with Crippen molar-refractivity contribution in [3.05, 3.63) is 33.8 Å². The zero-order chi connectivity index (χ0) is 12.0. The van der Waals surface area contributed by atoms with Gasteiger partial charge in [0.25, 0.3) is 5.91 Å². The van der Waals surface area contributed by atoms with Crippen LogP contribution in [0.4, 0.5) is 0 Å². The van der Waals surface area contributed by atoms with E-state index in [0.29, 0.717) is 18.5 Å². The van der Waals surface area contributed by atoms with Crippen molar-refractivity contribution in [3.8, 4) is 12.3 Å². The van der Waals surface area contributed by atoms with Gasteiger partial charge in [0, 0.05) is 23.0 Å². The Balaban J connectivity index is 2.57. The van der Waals surface area contributed by atoms with Crippen molar-refractivity contribution in [2.75, 3.05) is 6.54 Å². The van der Waals surface area contributed by atoms with E-state index >= 15 is 0 Å². The van der Waals surface area contributed by atoms with Crippen LogP contribution < -0.4 is 5.32 Å². The summed E-state index contributed by atoms with van der Waals surface area (Å²) in [6.45, 7) is 2.54. The molecule has 1 N–H and O–H groups in total. The van der Waals surface area contributed by atoms with E-state index in [1.807, 2.05) is 25.1 Å². The highest BCUT2D eigenvalue weighted by molar-refractivity contribution is 9.10. The fourth-order valence-corrected chi connectivity index (χ4v) is 1.84. The van der Waals surface area contributed by atoms with Crippen LogP contribution in [0.15, 0.2) is 22.7 Å². The molecule has 2 nitrogen and oxygen atoms in total. The van der Waals surface area contributed by atoms with Crippen molar-refractivity contribution in [3.63, 3.8) is 0 Å². The first-order chi connectivity index (χ1) is 7.65. The largest absolute Gasteiger partial charge is 0.352 e.